The number of carboxylic acids is 1. The van der Waals surface area contributed by atoms with E-state index in [0.29, 0.717) is 12.8 Å². The van der Waals surface area contributed by atoms with Crippen molar-refractivity contribution in [3.63, 3.8) is 0 Å². The number of phenols is 1. The smallest absolute Gasteiger partial charge is 0.305 e. The van der Waals surface area contributed by atoms with Crippen LogP contribution in [-0.2, 0) is 4.79 Å². The molecule has 0 bridgehead atoms. The summed E-state index contributed by atoms with van der Waals surface area (Å²) >= 11 is 0. The van der Waals surface area contributed by atoms with Gasteiger partial charge in [0.1, 0.15) is 0 Å². The molecule has 2 rings (SSSR count). The molecule has 1 aromatic carbocycles. The second kappa shape index (κ2) is 6.29. The molecular weight excluding hydrogens is 296 g/mol. The Morgan fingerprint density at radius 3 is 2.18 bits per heavy atom. The molecule has 0 aromatic heterocycles. The molecule has 0 radical (unpaired) electrons. The summed E-state index contributed by atoms with van der Waals surface area (Å²) in [5, 5.41) is 20.7. The zero-order valence-electron chi connectivity index (χ0n) is 11.9. The largest absolute Gasteiger partial charge is 0.503 e. The topological polar surface area (TPSA) is 86.6 Å². The first-order valence-electron chi connectivity index (χ1n) is 7.05. The van der Waals surface area contributed by atoms with Crippen molar-refractivity contribution in [2.45, 2.75) is 44.1 Å². The van der Waals surface area contributed by atoms with E-state index in [1.165, 1.54) is 0 Å². The van der Waals surface area contributed by atoms with Crippen LogP contribution in [0.1, 0.15) is 48.9 Å². The van der Waals surface area contributed by atoms with Crippen molar-refractivity contribution in [3.8, 4) is 5.75 Å². The van der Waals surface area contributed by atoms with Gasteiger partial charge in [-0.1, -0.05) is 19.3 Å². The predicted molar refractivity (Wildman–Crippen MR) is 73.6 cm³/mol. The third-order valence-corrected chi connectivity index (χ3v) is 3.96. The van der Waals surface area contributed by atoms with Crippen LogP contribution in [0.5, 0.6) is 5.75 Å². The Hall–Kier alpha value is -2.18. The lowest BCUT2D eigenvalue weighted by Gasteiger charge is -2.37. The minimum absolute atomic E-state index is 0.234. The summed E-state index contributed by atoms with van der Waals surface area (Å²) < 4.78 is 26.6. The number of halogens is 2. The average molecular weight is 313 g/mol. The molecule has 3 N–H and O–H groups in total. The fraction of sp³-hybridized carbons (Fsp3) is 0.467. The van der Waals surface area contributed by atoms with E-state index in [1.54, 1.807) is 0 Å². The number of carbonyl (C=O) groups is 2. The highest BCUT2D eigenvalue weighted by molar-refractivity contribution is 5.95. The number of carbonyl (C=O) groups excluding carboxylic acids is 1. The number of amides is 1. The number of phenolic OH excluding ortho intramolecular Hbond substituents is 1. The Labute approximate surface area is 126 Å². The number of hydrogen-bond donors (Lipinski definition) is 3. The minimum atomic E-state index is -1.24. The Morgan fingerprint density at radius 2 is 1.68 bits per heavy atom. The van der Waals surface area contributed by atoms with Crippen LogP contribution < -0.4 is 5.32 Å². The maximum absolute atomic E-state index is 13.3. The maximum atomic E-state index is 13.3. The van der Waals surface area contributed by atoms with Crippen LogP contribution in [0.2, 0.25) is 0 Å². The van der Waals surface area contributed by atoms with Gasteiger partial charge in [0, 0.05) is 5.56 Å². The molecule has 0 heterocycles. The second-order valence-electron chi connectivity index (χ2n) is 5.65. The molecule has 1 saturated carbocycles. The van der Waals surface area contributed by atoms with E-state index in [-0.39, 0.29) is 12.0 Å². The van der Waals surface area contributed by atoms with Gasteiger partial charge in [0.05, 0.1) is 12.0 Å². The van der Waals surface area contributed by atoms with E-state index in [1.807, 2.05) is 0 Å². The highest BCUT2D eigenvalue weighted by Crippen LogP contribution is 2.32. The summed E-state index contributed by atoms with van der Waals surface area (Å²) in [5.74, 6) is -5.40. The minimum Gasteiger partial charge on any atom is -0.503 e. The van der Waals surface area contributed by atoms with Crippen molar-refractivity contribution in [2.75, 3.05) is 0 Å². The molecule has 1 fully saturated rings. The van der Waals surface area contributed by atoms with Crippen molar-refractivity contribution in [3.05, 3.63) is 29.3 Å². The van der Waals surface area contributed by atoms with Gasteiger partial charge in [-0.05, 0) is 25.0 Å². The van der Waals surface area contributed by atoms with E-state index in [2.05, 4.69) is 5.32 Å². The van der Waals surface area contributed by atoms with E-state index in [4.69, 9.17) is 10.2 Å². The maximum Gasteiger partial charge on any atom is 0.305 e. The monoisotopic (exact) mass is 313 g/mol. The predicted octanol–water partition coefficient (Wildman–Crippen LogP) is 2.58. The Morgan fingerprint density at radius 1 is 1.14 bits per heavy atom. The van der Waals surface area contributed by atoms with Crippen LogP contribution in [0.4, 0.5) is 8.78 Å². The van der Waals surface area contributed by atoms with Gasteiger partial charge >= 0.3 is 5.97 Å². The zero-order chi connectivity index (χ0) is 16.3. The van der Waals surface area contributed by atoms with E-state index < -0.39 is 34.8 Å². The highest BCUT2D eigenvalue weighted by Gasteiger charge is 2.36. The number of hydrogen-bond acceptors (Lipinski definition) is 3. The molecule has 1 aliphatic rings. The normalized spacial score (nSPS) is 17.0. The summed E-state index contributed by atoms with van der Waals surface area (Å²) in [6.07, 6.45) is 3.31. The van der Waals surface area contributed by atoms with Crippen LogP contribution in [-0.4, -0.2) is 27.6 Å². The van der Waals surface area contributed by atoms with Gasteiger partial charge in [0.15, 0.2) is 17.4 Å². The SMILES string of the molecule is O=C(O)CC1(NC(=O)c2cc(F)c(O)c(F)c2)CCCCC1. The van der Waals surface area contributed by atoms with Crippen molar-refractivity contribution in [1.82, 2.24) is 5.32 Å². The molecule has 22 heavy (non-hydrogen) atoms. The molecule has 1 amide bonds. The quantitative estimate of drug-likeness (QED) is 0.797. The Balaban J connectivity index is 2.22. The molecule has 7 heteroatoms. The van der Waals surface area contributed by atoms with Gasteiger partial charge < -0.3 is 15.5 Å². The number of aliphatic carboxylic acids is 1. The van der Waals surface area contributed by atoms with Crippen LogP contribution in [0, 0.1) is 11.6 Å². The first kappa shape index (κ1) is 16.2. The third-order valence-electron chi connectivity index (χ3n) is 3.96. The number of rotatable bonds is 4. The van der Waals surface area contributed by atoms with E-state index in [0.717, 1.165) is 31.4 Å². The van der Waals surface area contributed by atoms with Gasteiger partial charge in [-0.15, -0.1) is 0 Å². The van der Waals surface area contributed by atoms with E-state index >= 15 is 0 Å². The molecule has 0 saturated heterocycles. The first-order chi connectivity index (χ1) is 10.3. The molecule has 120 valence electrons. The highest BCUT2D eigenvalue weighted by atomic mass is 19.1. The number of carboxylic acid groups (broad SMARTS) is 1. The molecule has 1 aliphatic carbocycles. The molecule has 0 spiro atoms. The van der Waals surface area contributed by atoms with E-state index in [9.17, 15) is 18.4 Å². The molecule has 0 atom stereocenters. The van der Waals surface area contributed by atoms with Gasteiger partial charge in [0.25, 0.3) is 5.91 Å². The van der Waals surface area contributed by atoms with Gasteiger partial charge in [0.2, 0.25) is 0 Å². The fourth-order valence-electron chi connectivity index (χ4n) is 2.87. The van der Waals surface area contributed by atoms with Gasteiger partial charge in [-0.25, -0.2) is 8.78 Å². The van der Waals surface area contributed by atoms with Crippen molar-refractivity contribution < 1.29 is 28.6 Å². The first-order valence-corrected chi connectivity index (χ1v) is 7.05. The van der Waals surface area contributed by atoms with Crippen molar-refractivity contribution in [2.24, 2.45) is 0 Å². The second-order valence-corrected chi connectivity index (χ2v) is 5.65. The summed E-state index contributed by atoms with van der Waals surface area (Å²) in [5.41, 5.74) is -1.19. The lowest BCUT2D eigenvalue weighted by atomic mass is 9.79. The Kier molecular flexibility index (Phi) is 4.63. The summed E-state index contributed by atoms with van der Waals surface area (Å²) in [6.45, 7) is 0. The summed E-state index contributed by atoms with van der Waals surface area (Å²) in [4.78, 5) is 23.2. The van der Waals surface area contributed by atoms with Crippen LogP contribution >= 0.6 is 0 Å². The standard InChI is InChI=1S/C15H17F2NO4/c16-10-6-9(7-11(17)13(10)21)14(22)18-15(8-12(19)20)4-2-1-3-5-15/h6-7,21H,1-5,8H2,(H,18,22)(H,19,20). The van der Waals surface area contributed by atoms with Crippen LogP contribution in [0.25, 0.3) is 0 Å². The lowest BCUT2D eigenvalue weighted by molar-refractivity contribution is -0.139. The molecule has 0 aliphatic heterocycles. The zero-order valence-corrected chi connectivity index (χ0v) is 11.9. The summed E-state index contributed by atoms with van der Waals surface area (Å²) in [7, 11) is 0. The molecule has 5 nitrogen and oxygen atoms in total. The summed E-state index contributed by atoms with van der Waals surface area (Å²) in [6, 6.07) is 1.45. The van der Waals surface area contributed by atoms with Crippen LogP contribution in [0.3, 0.4) is 0 Å². The molecule has 0 unspecified atom stereocenters. The number of nitrogens with one attached hydrogen (secondary N) is 1. The number of benzene rings is 1. The average Bonchev–Trinajstić information content (AvgIpc) is 2.44. The van der Waals surface area contributed by atoms with Crippen molar-refractivity contribution >= 4 is 11.9 Å². The third kappa shape index (κ3) is 3.52. The van der Waals surface area contributed by atoms with Crippen molar-refractivity contribution in [1.29, 1.82) is 0 Å². The molecule has 1 aromatic rings. The van der Waals surface area contributed by atoms with Gasteiger partial charge in [-0.2, -0.15) is 0 Å². The fourth-order valence-corrected chi connectivity index (χ4v) is 2.87. The Bertz CT molecular complexity index is 574. The molecular formula is C15H17F2NO4. The lowest BCUT2D eigenvalue weighted by Crippen LogP contribution is -2.51. The van der Waals surface area contributed by atoms with Crippen LogP contribution in [0.15, 0.2) is 12.1 Å². The van der Waals surface area contributed by atoms with Gasteiger partial charge in [-0.3, -0.25) is 9.59 Å². The number of aromatic hydroxyl groups is 1.